The summed E-state index contributed by atoms with van der Waals surface area (Å²) >= 11 is 6.03. The second-order valence-corrected chi connectivity index (χ2v) is 8.00. The van der Waals surface area contributed by atoms with Crippen LogP contribution in [0.15, 0.2) is 58.7 Å². The molecular formula is C18H12ClF2N5O2S. The fraction of sp³-hybridized carbons (Fsp3) is 0.0556. The number of rotatable bonds is 3. The lowest BCUT2D eigenvalue weighted by Gasteiger charge is -2.24. The number of aliphatic imine (C=N–C) groups is 1. The number of fused-ring (bicyclic) bond motifs is 1. The average Bonchev–Trinajstić information content (AvgIpc) is 2.69. The van der Waals surface area contributed by atoms with E-state index in [-0.39, 0.29) is 39.4 Å². The van der Waals surface area contributed by atoms with E-state index >= 15 is 0 Å². The Morgan fingerprint density at radius 3 is 2.66 bits per heavy atom. The van der Waals surface area contributed by atoms with E-state index in [1.807, 2.05) is 0 Å². The number of guanidine groups is 1. The Hall–Kier alpha value is -3.11. The highest BCUT2D eigenvalue weighted by molar-refractivity contribution is 7.90. The van der Waals surface area contributed by atoms with Crippen molar-refractivity contribution in [1.82, 2.24) is 14.7 Å². The maximum atomic E-state index is 13.8. The molecule has 1 aliphatic rings. The molecule has 148 valence electrons. The Morgan fingerprint density at radius 1 is 1.03 bits per heavy atom. The fourth-order valence-electron chi connectivity index (χ4n) is 2.82. The van der Waals surface area contributed by atoms with E-state index in [9.17, 15) is 17.2 Å². The van der Waals surface area contributed by atoms with E-state index in [1.54, 1.807) is 6.07 Å². The fourth-order valence-corrected chi connectivity index (χ4v) is 4.20. The summed E-state index contributed by atoms with van der Waals surface area (Å²) in [5.74, 6) is -1.56. The molecule has 0 radical (unpaired) electrons. The third-order valence-electron chi connectivity index (χ3n) is 4.15. The number of para-hydroxylation sites is 1. The zero-order valence-corrected chi connectivity index (χ0v) is 16.1. The quantitative estimate of drug-likeness (QED) is 0.615. The zero-order chi connectivity index (χ0) is 20.6. The minimum atomic E-state index is -3.97. The van der Waals surface area contributed by atoms with Gasteiger partial charge in [0.25, 0.3) is 10.0 Å². The van der Waals surface area contributed by atoms with Gasteiger partial charge in [0.15, 0.2) is 0 Å². The summed E-state index contributed by atoms with van der Waals surface area (Å²) in [5.41, 5.74) is 0.824. The lowest BCUT2D eigenvalue weighted by Crippen LogP contribution is -2.41. The monoisotopic (exact) mass is 435 g/mol. The summed E-state index contributed by atoms with van der Waals surface area (Å²) in [7, 11) is -3.97. The molecule has 0 amide bonds. The summed E-state index contributed by atoms with van der Waals surface area (Å²) in [4.78, 5) is 11.4. The predicted octanol–water partition coefficient (Wildman–Crippen LogP) is 3.34. The Kier molecular flexibility index (Phi) is 4.89. The first-order valence-corrected chi connectivity index (χ1v) is 10.1. The lowest BCUT2D eigenvalue weighted by atomic mass is 10.0. The molecule has 0 atom stereocenters. The highest BCUT2D eigenvalue weighted by atomic mass is 35.5. The second kappa shape index (κ2) is 7.37. The number of nitrogens with zero attached hydrogens (tertiary/aromatic N) is 3. The molecule has 2 aromatic heterocycles. The van der Waals surface area contributed by atoms with Crippen LogP contribution in [-0.4, -0.2) is 24.3 Å². The van der Waals surface area contributed by atoms with Crippen molar-refractivity contribution in [2.24, 2.45) is 4.99 Å². The molecule has 1 aliphatic heterocycles. The first-order valence-electron chi connectivity index (χ1n) is 8.24. The van der Waals surface area contributed by atoms with Crippen LogP contribution in [0.1, 0.15) is 5.69 Å². The Labute approximate surface area is 169 Å². The van der Waals surface area contributed by atoms with Gasteiger partial charge in [-0.3, -0.25) is 4.98 Å². The molecule has 3 aromatic rings. The number of benzene rings is 1. The number of halogens is 3. The molecule has 0 spiro atoms. The van der Waals surface area contributed by atoms with Crippen LogP contribution in [0, 0.1) is 11.8 Å². The molecule has 0 saturated carbocycles. The van der Waals surface area contributed by atoms with Crippen LogP contribution < -0.4 is 10.0 Å². The summed E-state index contributed by atoms with van der Waals surface area (Å²) in [6.45, 7) is -0.195. The van der Waals surface area contributed by atoms with Crippen molar-refractivity contribution < 1.29 is 17.2 Å². The van der Waals surface area contributed by atoms with Crippen LogP contribution in [0.4, 0.5) is 14.5 Å². The van der Waals surface area contributed by atoms with Crippen LogP contribution in [-0.2, 0) is 16.6 Å². The van der Waals surface area contributed by atoms with Gasteiger partial charge in [0.1, 0.15) is 15.7 Å². The van der Waals surface area contributed by atoms with Crippen molar-refractivity contribution in [3.05, 3.63) is 71.3 Å². The standard InChI is InChI=1S/C18H12ClF2N5O2S/c19-15-10(6-8-23-17(15)21)11-3-1-5-14-16(11)25-18(26-29(14,27)28)24-9-13-12(20)4-2-7-22-13/h1-8H,9H2,(H2,24,25,26). The van der Waals surface area contributed by atoms with E-state index in [0.29, 0.717) is 5.56 Å². The first kappa shape index (κ1) is 19.2. The SMILES string of the molecule is O=S1(=O)NC(=NCc2ncccc2F)Nc2c(-c3ccnc(F)c3Cl)cccc21. The number of nitrogens with one attached hydrogen (secondary N) is 2. The van der Waals surface area contributed by atoms with Gasteiger partial charge in [0, 0.05) is 23.5 Å². The summed E-state index contributed by atoms with van der Waals surface area (Å²) in [5, 5.41) is 2.62. The van der Waals surface area contributed by atoms with Crippen LogP contribution >= 0.6 is 11.6 Å². The third kappa shape index (κ3) is 3.64. The molecule has 0 unspecified atom stereocenters. The number of hydrogen-bond acceptors (Lipinski definition) is 5. The maximum absolute atomic E-state index is 13.8. The number of anilines is 1. The van der Waals surface area contributed by atoms with Gasteiger partial charge in [-0.1, -0.05) is 23.7 Å². The lowest BCUT2D eigenvalue weighted by molar-refractivity contribution is 0.585. The minimum absolute atomic E-state index is 0.0549. The molecule has 3 heterocycles. The Bertz CT molecular complexity index is 1250. The molecule has 0 saturated heterocycles. The largest absolute Gasteiger partial charge is 0.324 e. The van der Waals surface area contributed by atoms with Gasteiger partial charge in [-0.05, 0) is 24.3 Å². The highest BCUT2D eigenvalue weighted by Gasteiger charge is 2.29. The van der Waals surface area contributed by atoms with E-state index < -0.39 is 21.8 Å². The van der Waals surface area contributed by atoms with Gasteiger partial charge in [-0.15, -0.1) is 0 Å². The molecule has 4 rings (SSSR count). The summed E-state index contributed by atoms with van der Waals surface area (Å²) < 4.78 is 55.2. The van der Waals surface area contributed by atoms with Crippen molar-refractivity contribution in [1.29, 1.82) is 0 Å². The predicted molar refractivity (Wildman–Crippen MR) is 104 cm³/mol. The van der Waals surface area contributed by atoms with E-state index in [2.05, 4.69) is 25.0 Å². The molecule has 1 aromatic carbocycles. The summed E-state index contributed by atoms with van der Waals surface area (Å²) in [6.07, 6.45) is 2.63. The average molecular weight is 436 g/mol. The molecule has 0 bridgehead atoms. The molecular weight excluding hydrogens is 424 g/mol. The normalized spacial score (nSPS) is 16.0. The van der Waals surface area contributed by atoms with Crippen LogP contribution in [0.3, 0.4) is 0 Å². The highest BCUT2D eigenvalue weighted by Crippen LogP contribution is 2.38. The number of hydrogen-bond donors (Lipinski definition) is 2. The van der Waals surface area contributed by atoms with Crippen molar-refractivity contribution in [3.8, 4) is 11.1 Å². The van der Waals surface area contributed by atoms with Gasteiger partial charge in [-0.2, -0.15) is 4.39 Å². The zero-order valence-electron chi connectivity index (χ0n) is 14.5. The second-order valence-electron chi connectivity index (χ2n) is 5.97. The van der Waals surface area contributed by atoms with Crippen LogP contribution in [0.25, 0.3) is 11.1 Å². The number of pyridine rings is 2. The van der Waals surface area contributed by atoms with E-state index in [4.69, 9.17) is 11.6 Å². The van der Waals surface area contributed by atoms with E-state index in [0.717, 1.165) is 0 Å². The Morgan fingerprint density at radius 2 is 1.86 bits per heavy atom. The van der Waals surface area contributed by atoms with E-state index in [1.165, 1.54) is 42.7 Å². The molecule has 7 nitrogen and oxygen atoms in total. The maximum Gasteiger partial charge on any atom is 0.266 e. The van der Waals surface area contributed by atoms with Gasteiger partial charge in [0.05, 0.1) is 17.9 Å². The number of sulfonamides is 1. The van der Waals surface area contributed by atoms with Crippen molar-refractivity contribution in [3.63, 3.8) is 0 Å². The minimum Gasteiger partial charge on any atom is -0.324 e. The van der Waals surface area contributed by atoms with Gasteiger partial charge in [-0.25, -0.2) is 27.5 Å². The molecule has 11 heteroatoms. The Balaban J connectivity index is 1.79. The van der Waals surface area contributed by atoms with Crippen molar-refractivity contribution in [2.75, 3.05) is 5.32 Å². The third-order valence-corrected chi connectivity index (χ3v) is 5.89. The molecule has 2 N–H and O–H groups in total. The summed E-state index contributed by atoms with van der Waals surface area (Å²) in [6, 6.07) is 8.62. The van der Waals surface area contributed by atoms with Gasteiger partial charge in [0.2, 0.25) is 11.9 Å². The number of aromatic nitrogens is 2. The van der Waals surface area contributed by atoms with Crippen molar-refractivity contribution in [2.45, 2.75) is 11.4 Å². The molecule has 0 aliphatic carbocycles. The van der Waals surface area contributed by atoms with Gasteiger partial charge >= 0.3 is 0 Å². The molecule has 29 heavy (non-hydrogen) atoms. The van der Waals surface area contributed by atoms with Crippen LogP contribution in [0.2, 0.25) is 5.02 Å². The topological polar surface area (TPSA) is 96.3 Å². The van der Waals surface area contributed by atoms with Crippen LogP contribution in [0.5, 0.6) is 0 Å². The smallest absolute Gasteiger partial charge is 0.266 e. The van der Waals surface area contributed by atoms with Crippen molar-refractivity contribution >= 4 is 33.3 Å². The van der Waals surface area contributed by atoms with Gasteiger partial charge < -0.3 is 5.32 Å². The molecule has 0 fully saturated rings. The first-order chi connectivity index (χ1) is 13.9.